The first kappa shape index (κ1) is 28.9. The Hall–Kier alpha value is -2.64. The van der Waals surface area contributed by atoms with Crippen LogP contribution < -0.4 is 4.74 Å². The number of aryl methyl sites for hydroxylation is 2. The van der Waals surface area contributed by atoms with Gasteiger partial charge in [0.1, 0.15) is 5.75 Å². The molecule has 3 fully saturated rings. The first-order chi connectivity index (χ1) is 19.1. The van der Waals surface area contributed by atoms with Crippen molar-refractivity contribution in [3.8, 4) is 5.75 Å². The molecule has 1 aromatic carbocycles. The lowest BCUT2D eigenvalue weighted by molar-refractivity contribution is -0.142. The van der Waals surface area contributed by atoms with Gasteiger partial charge in [-0.1, -0.05) is 30.7 Å². The van der Waals surface area contributed by atoms with Crippen LogP contribution in [0.25, 0.3) is 0 Å². The third-order valence-corrected chi connectivity index (χ3v) is 9.40. The zero-order valence-electron chi connectivity index (χ0n) is 23.4. The summed E-state index contributed by atoms with van der Waals surface area (Å²) in [4.78, 5) is 47.7. The number of likely N-dealkylation sites (tertiary alicyclic amines) is 2. The zero-order valence-corrected chi connectivity index (χ0v) is 24.9. The van der Waals surface area contributed by atoms with E-state index >= 15 is 0 Å². The highest BCUT2D eigenvalue weighted by Gasteiger charge is 2.48. The highest BCUT2D eigenvalue weighted by atomic mass is 35.5. The molecule has 3 heterocycles. The largest absolute Gasteiger partial charge is 0.426 e. The molecule has 3 aliphatic rings. The molecular formula is C31H37Cl2N3O4. The lowest BCUT2D eigenvalue weighted by atomic mass is 9.86. The lowest BCUT2D eigenvalue weighted by Gasteiger charge is -2.34. The summed E-state index contributed by atoms with van der Waals surface area (Å²) < 4.78 is 5.70. The average Bonchev–Trinajstić information content (AvgIpc) is 3.53. The van der Waals surface area contributed by atoms with Gasteiger partial charge in [-0.2, -0.15) is 0 Å². The molecule has 2 atom stereocenters. The molecule has 0 bridgehead atoms. The van der Waals surface area contributed by atoms with Gasteiger partial charge >= 0.3 is 5.97 Å². The van der Waals surface area contributed by atoms with Gasteiger partial charge in [-0.3, -0.25) is 19.4 Å². The Morgan fingerprint density at radius 2 is 1.70 bits per heavy atom. The van der Waals surface area contributed by atoms with Gasteiger partial charge in [0, 0.05) is 77.9 Å². The van der Waals surface area contributed by atoms with Crippen LogP contribution in [-0.4, -0.2) is 58.7 Å². The smallest absolute Gasteiger partial charge is 0.311 e. The Labute approximate surface area is 246 Å². The highest BCUT2D eigenvalue weighted by molar-refractivity contribution is 6.32. The molecule has 214 valence electrons. The minimum atomic E-state index is -0.335. The van der Waals surface area contributed by atoms with Crippen LogP contribution in [-0.2, 0) is 20.3 Å². The summed E-state index contributed by atoms with van der Waals surface area (Å²) in [7, 11) is 0. The van der Waals surface area contributed by atoms with E-state index in [0.29, 0.717) is 55.7 Å². The number of amides is 2. The molecule has 1 saturated carbocycles. The lowest BCUT2D eigenvalue weighted by Crippen LogP contribution is -2.45. The molecule has 0 spiro atoms. The summed E-state index contributed by atoms with van der Waals surface area (Å²) in [5.41, 5.74) is 3.21. The van der Waals surface area contributed by atoms with Crippen LogP contribution in [0.4, 0.5) is 0 Å². The van der Waals surface area contributed by atoms with Crippen LogP contribution in [0, 0.1) is 31.1 Å². The van der Waals surface area contributed by atoms with E-state index in [4.69, 9.17) is 27.9 Å². The molecule has 7 nitrogen and oxygen atoms in total. The fourth-order valence-corrected chi connectivity index (χ4v) is 6.71. The number of esters is 1. The van der Waals surface area contributed by atoms with E-state index in [1.54, 1.807) is 12.1 Å². The monoisotopic (exact) mass is 585 g/mol. The third kappa shape index (κ3) is 6.31. The number of pyridine rings is 1. The number of rotatable bonds is 7. The number of benzene rings is 1. The predicted molar refractivity (Wildman–Crippen MR) is 154 cm³/mol. The number of hydrogen-bond donors (Lipinski definition) is 0. The number of carbonyl (C=O) groups is 3. The molecule has 9 heteroatoms. The Balaban J connectivity index is 1.28. The molecule has 2 saturated heterocycles. The SMILES string of the molecule is Cc1cc(OC(=O)C[C@@H]2CN(C(=O)C3CCN(C(=O)C4(C)CC4)CC3)C[C@H]2c2ccc(CCl)c(Cl)c2)cc(C)n1. The van der Waals surface area contributed by atoms with Crippen LogP contribution in [0.15, 0.2) is 30.3 Å². The number of aromatic nitrogens is 1. The first-order valence-electron chi connectivity index (χ1n) is 14.1. The van der Waals surface area contributed by atoms with E-state index in [2.05, 4.69) is 4.98 Å². The van der Waals surface area contributed by atoms with Crippen molar-refractivity contribution >= 4 is 41.0 Å². The maximum atomic E-state index is 13.7. The van der Waals surface area contributed by atoms with Gasteiger partial charge in [0.25, 0.3) is 0 Å². The van der Waals surface area contributed by atoms with Gasteiger partial charge in [-0.05, 0) is 62.6 Å². The Kier molecular flexibility index (Phi) is 8.44. The van der Waals surface area contributed by atoms with E-state index in [0.717, 1.165) is 35.4 Å². The maximum Gasteiger partial charge on any atom is 0.311 e. The van der Waals surface area contributed by atoms with Gasteiger partial charge in [0.2, 0.25) is 11.8 Å². The normalized spacial score (nSPS) is 22.3. The van der Waals surface area contributed by atoms with Gasteiger partial charge in [-0.25, -0.2) is 0 Å². The summed E-state index contributed by atoms with van der Waals surface area (Å²) in [5, 5.41) is 0.586. The van der Waals surface area contributed by atoms with Crippen molar-refractivity contribution in [1.82, 2.24) is 14.8 Å². The molecule has 0 radical (unpaired) electrons. The molecule has 2 aromatic rings. The summed E-state index contributed by atoms with van der Waals surface area (Å²) >= 11 is 12.5. The summed E-state index contributed by atoms with van der Waals surface area (Å²) in [6.45, 7) is 7.99. The fourth-order valence-electron chi connectivity index (χ4n) is 6.15. The number of alkyl halides is 1. The number of ether oxygens (including phenoxy) is 1. The molecule has 2 amide bonds. The minimum Gasteiger partial charge on any atom is -0.426 e. The molecule has 1 aliphatic carbocycles. The van der Waals surface area contributed by atoms with Crippen molar-refractivity contribution in [3.05, 3.63) is 57.9 Å². The van der Waals surface area contributed by atoms with Gasteiger partial charge in [0.05, 0.1) is 6.42 Å². The second-order valence-corrected chi connectivity index (χ2v) is 12.7. The van der Waals surface area contributed by atoms with Crippen molar-refractivity contribution in [2.45, 2.75) is 64.7 Å². The van der Waals surface area contributed by atoms with Gasteiger partial charge in [0.15, 0.2) is 0 Å². The molecule has 5 rings (SSSR count). The molecule has 0 unspecified atom stereocenters. The number of nitrogens with zero attached hydrogens (tertiary/aromatic N) is 3. The number of halogens is 2. The van der Waals surface area contributed by atoms with Crippen LogP contribution in [0.5, 0.6) is 5.75 Å². The standard InChI is InChI=1S/C31H37Cl2N3O4/c1-19-12-25(13-20(2)34-19)40-28(37)15-24-17-36(18-26(24)22-4-5-23(16-32)27(33)14-22)29(38)21-6-10-35(11-7-21)30(39)31(3)8-9-31/h4-5,12-14,21,24,26H,6-11,15-18H2,1-3H3/t24-,26+/m1/s1. The Bertz CT molecular complexity index is 1280. The van der Waals surface area contributed by atoms with Gasteiger partial charge < -0.3 is 14.5 Å². The van der Waals surface area contributed by atoms with E-state index in [1.807, 2.05) is 48.8 Å². The predicted octanol–water partition coefficient (Wildman–Crippen LogP) is 5.67. The van der Waals surface area contributed by atoms with Crippen LogP contribution in [0.3, 0.4) is 0 Å². The summed E-state index contributed by atoms with van der Waals surface area (Å²) in [5.74, 6) is 0.504. The summed E-state index contributed by atoms with van der Waals surface area (Å²) in [6.07, 6.45) is 3.44. The van der Waals surface area contributed by atoms with Crippen LogP contribution in [0.1, 0.15) is 67.5 Å². The van der Waals surface area contributed by atoms with Crippen LogP contribution in [0.2, 0.25) is 5.02 Å². The number of carbonyl (C=O) groups excluding carboxylic acids is 3. The van der Waals surface area contributed by atoms with Crippen molar-refractivity contribution in [3.63, 3.8) is 0 Å². The Morgan fingerprint density at radius 3 is 2.30 bits per heavy atom. The van der Waals surface area contributed by atoms with Crippen LogP contribution >= 0.6 is 23.2 Å². The molecule has 2 aliphatic heterocycles. The van der Waals surface area contributed by atoms with E-state index in [-0.39, 0.29) is 47.4 Å². The molecular weight excluding hydrogens is 549 g/mol. The number of piperidine rings is 1. The number of hydrogen-bond acceptors (Lipinski definition) is 5. The quantitative estimate of drug-likeness (QED) is 0.309. The van der Waals surface area contributed by atoms with Crippen molar-refractivity contribution in [2.75, 3.05) is 26.2 Å². The fraction of sp³-hybridized carbons (Fsp3) is 0.548. The second-order valence-electron chi connectivity index (χ2n) is 12.0. The topological polar surface area (TPSA) is 79.8 Å². The van der Waals surface area contributed by atoms with Crippen molar-refractivity contribution < 1.29 is 19.1 Å². The van der Waals surface area contributed by atoms with E-state index in [1.165, 1.54) is 0 Å². The van der Waals surface area contributed by atoms with Crippen molar-refractivity contribution in [2.24, 2.45) is 17.3 Å². The maximum absolute atomic E-state index is 13.7. The van der Waals surface area contributed by atoms with Gasteiger partial charge in [-0.15, -0.1) is 11.6 Å². The third-order valence-electron chi connectivity index (χ3n) is 8.77. The second kappa shape index (κ2) is 11.7. The molecule has 1 aromatic heterocycles. The van der Waals surface area contributed by atoms with E-state index < -0.39 is 0 Å². The molecule has 40 heavy (non-hydrogen) atoms. The summed E-state index contributed by atoms with van der Waals surface area (Å²) in [6, 6.07) is 9.32. The zero-order chi connectivity index (χ0) is 28.6. The van der Waals surface area contributed by atoms with Crippen molar-refractivity contribution in [1.29, 1.82) is 0 Å². The first-order valence-corrected chi connectivity index (χ1v) is 15.1. The minimum absolute atomic E-state index is 0.0595. The molecule has 0 N–H and O–H groups in total. The van der Waals surface area contributed by atoms with E-state index in [9.17, 15) is 14.4 Å². The Morgan fingerprint density at radius 1 is 1.02 bits per heavy atom. The average molecular weight is 587 g/mol. The highest BCUT2D eigenvalue weighted by Crippen LogP contribution is 2.47.